The van der Waals surface area contributed by atoms with Crippen LogP contribution in [-0.4, -0.2) is 68.1 Å². The largest absolute Gasteiger partial charge is 0.383 e. The average Bonchev–Trinajstić information content (AvgIpc) is 3.77. The van der Waals surface area contributed by atoms with Gasteiger partial charge in [0.15, 0.2) is 5.82 Å². The molecule has 0 radical (unpaired) electrons. The van der Waals surface area contributed by atoms with Gasteiger partial charge >= 0.3 is 0 Å². The Morgan fingerprint density at radius 2 is 1.73 bits per heavy atom. The molecule has 2 atom stereocenters. The van der Waals surface area contributed by atoms with Crippen LogP contribution in [0.3, 0.4) is 0 Å². The Kier molecular flexibility index (Phi) is 9.82. The molecule has 14 heteroatoms. The number of carbonyl (C=O) groups is 4. The van der Waals surface area contributed by atoms with Gasteiger partial charge in [0.1, 0.15) is 22.9 Å². The van der Waals surface area contributed by atoms with Gasteiger partial charge in [0.25, 0.3) is 5.91 Å². The molecule has 55 heavy (non-hydrogen) atoms. The third kappa shape index (κ3) is 7.17. The molecule has 2 aromatic heterocycles. The van der Waals surface area contributed by atoms with Crippen LogP contribution in [0, 0.1) is 20.8 Å². The van der Waals surface area contributed by atoms with Crippen LogP contribution in [0.2, 0.25) is 5.02 Å². The summed E-state index contributed by atoms with van der Waals surface area (Å²) in [5, 5.41) is 19.3. The highest BCUT2D eigenvalue weighted by atomic mass is 35.5. The summed E-state index contributed by atoms with van der Waals surface area (Å²) in [6.45, 7) is 7.42. The Morgan fingerprint density at radius 1 is 0.964 bits per heavy atom. The van der Waals surface area contributed by atoms with Crippen LogP contribution >= 0.6 is 22.9 Å². The van der Waals surface area contributed by atoms with E-state index in [9.17, 15) is 19.2 Å². The number of nitrogens with zero attached hydrogens (tertiary/aromatic N) is 5. The van der Waals surface area contributed by atoms with Gasteiger partial charge in [-0.2, -0.15) is 0 Å². The molecule has 3 N–H and O–H groups in total. The lowest BCUT2D eigenvalue weighted by molar-refractivity contribution is -0.137. The maximum Gasteiger partial charge on any atom is 0.255 e. The zero-order valence-electron chi connectivity index (χ0n) is 30.6. The maximum absolute atomic E-state index is 13.4. The zero-order chi connectivity index (χ0) is 38.4. The Hall–Kier alpha value is -5.66. The van der Waals surface area contributed by atoms with Gasteiger partial charge < -0.3 is 15.5 Å². The van der Waals surface area contributed by atoms with Crippen LogP contribution < -0.4 is 16.0 Å². The number of imide groups is 1. The number of aryl methyl sites for hydroxylation is 2. The second kappa shape index (κ2) is 14.9. The average molecular weight is 775 g/mol. The molecule has 3 aromatic carbocycles. The Bertz CT molecular complexity index is 2380. The Labute approximate surface area is 327 Å². The molecule has 8 rings (SSSR count). The number of halogens is 1. The summed E-state index contributed by atoms with van der Waals surface area (Å²) in [5.74, 6) is 0.362. The summed E-state index contributed by atoms with van der Waals surface area (Å²) in [7, 11) is 0. The van der Waals surface area contributed by atoms with Gasteiger partial charge in [-0.3, -0.25) is 34.1 Å². The lowest BCUT2D eigenvalue weighted by Gasteiger charge is -2.29. The number of piperidine rings is 1. The van der Waals surface area contributed by atoms with E-state index >= 15 is 0 Å². The summed E-state index contributed by atoms with van der Waals surface area (Å²) in [6.07, 6.45) is 1.36. The second-order valence-corrected chi connectivity index (χ2v) is 15.8. The summed E-state index contributed by atoms with van der Waals surface area (Å²) in [6, 6.07) is 20.4. The van der Waals surface area contributed by atoms with Gasteiger partial charge in [-0.15, -0.1) is 21.5 Å². The van der Waals surface area contributed by atoms with Crippen molar-refractivity contribution < 1.29 is 19.2 Å². The molecule has 280 valence electrons. The van der Waals surface area contributed by atoms with Crippen molar-refractivity contribution in [1.82, 2.24) is 30.3 Å². The van der Waals surface area contributed by atoms with Crippen molar-refractivity contribution in [2.45, 2.75) is 65.1 Å². The van der Waals surface area contributed by atoms with Crippen LogP contribution in [0.5, 0.6) is 0 Å². The molecular weight excluding hydrogens is 736 g/mol. The molecule has 2 unspecified atom stereocenters. The number of hydrogen-bond donors (Lipinski definition) is 3. The van der Waals surface area contributed by atoms with Crippen molar-refractivity contribution in [3.63, 3.8) is 0 Å². The quantitative estimate of drug-likeness (QED) is 0.121. The number of fused-ring (bicyclic) bond motifs is 4. The SMILES string of the molecule is Cc1sc2c(c1C)C(c1ccc(Cl)cc1)=NC(CC(=O)NCCNc1ccc(Cc3ccc4c(c3)CN(C3CCC(=O)NC3=O)C4=O)cc1)c1nnc(C)n1-2. The molecule has 1 fully saturated rings. The van der Waals surface area contributed by atoms with Gasteiger partial charge in [0.05, 0.1) is 12.1 Å². The highest BCUT2D eigenvalue weighted by Crippen LogP contribution is 2.39. The van der Waals surface area contributed by atoms with Crippen molar-refractivity contribution >= 4 is 58.0 Å². The fourth-order valence-electron chi connectivity index (χ4n) is 7.50. The number of hydrogen-bond acceptors (Lipinski definition) is 9. The van der Waals surface area contributed by atoms with Gasteiger partial charge in [-0.1, -0.05) is 48.0 Å². The van der Waals surface area contributed by atoms with E-state index in [2.05, 4.69) is 52.1 Å². The molecule has 1 saturated heterocycles. The van der Waals surface area contributed by atoms with Gasteiger partial charge in [-0.25, -0.2) is 0 Å². The minimum absolute atomic E-state index is 0.114. The fourth-order valence-corrected chi connectivity index (χ4v) is 8.84. The number of rotatable bonds is 10. The van der Waals surface area contributed by atoms with E-state index in [4.69, 9.17) is 16.6 Å². The number of thiophene rings is 1. The van der Waals surface area contributed by atoms with E-state index in [1.807, 2.05) is 66.1 Å². The van der Waals surface area contributed by atoms with Gasteiger partial charge in [0.2, 0.25) is 17.7 Å². The number of benzene rings is 3. The van der Waals surface area contributed by atoms with E-state index in [-0.39, 0.29) is 30.6 Å². The van der Waals surface area contributed by atoms with Crippen LogP contribution in [0.15, 0.2) is 71.7 Å². The van der Waals surface area contributed by atoms with E-state index in [0.29, 0.717) is 48.9 Å². The number of amides is 4. The number of aromatic nitrogens is 3. The molecule has 3 aliphatic heterocycles. The summed E-state index contributed by atoms with van der Waals surface area (Å²) >= 11 is 7.91. The highest BCUT2D eigenvalue weighted by Gasteiger charge is 2.39. The minimum atomic E-state index is -0.629. The fraction of sp³-hybridized carbons (Fsp3) is 0.293. The molecule has 0 aliphatic carbocycles. The minimum Gasteiger partial charge on any atom is -0.383 e. The molecule has 5 aromatic rings. The molecule has 3 aliphatic rings. The Balaban J connectivity index is 0.873. The molecule has 12 nitrogen and oxygen atoms in total. The topological polar surface area (TPSA) is 151 Å². The highest BCUT2D eigenvalue weighted by molar-refractivity contribution is 7.15. The van der Waals surface area contributed by atoms with E-state index in [0.717, 1.165) is 55.6 Å². The standard InChI is InChI=1S/C41H39ClN8O4S/c1-22-23(2)55-41-36(22)37(27-7-9-29(42)10-8-27)45-32(38-48-47-24(3)50(38)41)20-35(52)44-17-16-43-30-11-4-25(5-12-30)18-26-6-13-31-28(19-26)21-49(40(31)54)33-14-15-34(51)46-39(33)53/h4-13,19,32-33,43H,14-18,20-21H2,1-3H3,(H,44,52)(H,46,51,53). The van der Waals surface area contributed by atoms with Crippen molar-refractivity contribution in [2.75, 3.05) is 18.4 Å². The lowest BCUT2D eigenvalue weighted by Crippen LogP contribution is -2.52. The number of carbonyl (C=O) groups excluding carboxylic acids is 4. The molecular formula is C41H39ClN8O4S. The smallest absolute Gasteiger partial charge is 0.255 e. The predicted molar refractivity (Wildman–Crippen MR) is 211 cm³/mol. The van der Waals surface area contributed by atoms with E-state index < -0.39 is 18.0 Å². The first-order valence-electron chi connectivity index (χ1n) is 18.3. The third-order valence-corrected chi connectivity index (χ3v) is 11.9. The van der Waals surface area contributed by atoms with Crippen molar-refractivity contribution in [3.05, 3.63) is 127 Å². The van der Waals surface area contributed by atoms with Crippen LogP contribution in [-0.2, 0) is 27.3 Å². The van der Waals surface area contributed by atoms with Gasteiger partial charge in [-0.05, 0) is 86.2 Å². The molecule has 5 heterocycles. The molecule has 0 saturated carbocycles. The van der Waals surface area contributed by atoms with Crippen LogP contribution in [0.1, 0.15) is 85.6 Å². The van der Waals surface area contributed by atoms with Crippen LogP contribution in [0.4, 0.5) is 5.69 Å². The van der Waals surface area contributed by atoms with E-state index in [1.165, 1.54) is 4.88 Å². The lowest BCUT2D eigenvalue weighted by atomic mass is 9.99. The number of anilines is 1. The first kappa shape index (κ1) is 36.3. The first-order chi connectivity index (χ1) is 26.5. The maximum atomic E-state index is 13.4. The summed E-state index contributed by atoms with van der Waals surface area (Å²) in [4.78, 5) is 58.4. The summed E-state index contributed by atoms with van der Waals surface area (Å²) < 4.78 is 2.04. The number of nitrogens with one attached hydrogen (secondary N) is 3. The second-order valence-electron chi connectivity index (χ2n) is 14.2. The van der Waals surface area contributed by atoms with Crippen molar-refractivity contribution in [2.24, 2.45) is 4.99 Å². The monoisotopic (exact) mass is 774 g/mol. The van der Waals surface area contributed by atoms with Gasteiger partial charge in [0, 0.05) is 58.3 Å². The first-order valence-corrected chi connectivity index (χ1v) is 19.5. The van der Waals surface area contributed by atoms with Crippen molar-refractivity contribution in [1.29, 1.82) is 0 Å². The molecule has 0 bridgehead atoms. The number of aliphatic imine (C=N–C) groups is 1. The zero-order valence-corrected chi connectivity index (χ0v) is 32.2. The molecule has 0 spiro atoms. The van der Waals surface area contributed by atoms with Crippen LogP contribution in [0.25, 0.3) is 5.00 Å². The summed E-state index contributed by atoms with van der Waals surface area (Å²) in [5.41, 5.74) is 8.48. The Morgan fingerprint density at radius 3 is 2.49 bits per heavy atom. The molecule has 4 amide bonds. The van der Waals surface area contributed by atoms with Crippen molar-refractivity contribution in [3.8, 4) is 5.00 Å². The van der Waals surface area contributed by atoms with E-state index in [1.54, 1.807) is 16.2 Å². The predicted octanol–water partition coefficient (Wildman–Crippen LogP) is 5.77. The normalized spacial score (nSPS) is 17.6. The third-order valence-electron chi connectivity index (χ3n) is 10.5.